The Kier molecular flexibility index (Phi) is 4.84. The summed E-state index contributed by atoms with van der Waals surface area (Å²) in [5, 5.41) is 10.6. The van der Waals surface area contributed by atoms with Crippen molar-refractivity contribution in [3.05, 3.63) is 0 Å². The van der Waals surface area contributed by atoms with E-state index in [0.29, 0.717) is 17.4 Å². The molecule has 0 saturated carbocycles. The van der Waals surface area contributed by atoms with E-state index in [4.69, 9.17) is 21.5 Å². The minimum Gasteiger partial charge on any atom is -0.477 e. The SMILES string of the molecule is CC(C)CCOc1nc(N)nc(N)c1SC#N. The van der Waals surface area contributed by atoms with Crippen molar-refractivity contribution in [2.75, 3.05) is 18.1 Å². The summed E-state index contributed by atoms with van der Waals surface area (Å²) in [6, 6.07) is 0. The molecule has 0 aliphatic heterocycles. The fourth-order valence-electron chi connectivity index (χ4n) is 1.09. The van der Waals surface area contributed by atoms with E-state index >= 15 is 0 Å². The maximum atomic E-state index is 8.67. The van der Waals surface area contributed by atoms with E-state index in [2.05, 4.69) is 23.8 Å². The Morgan fingerprint density at radius 3 is 2.71 bits per heavy atom. The second kappa shape index (κ2) is 6.15. The molecule has 92 valence electrons. The molecule has 4 N–H and O–H groups in total. The first kappa shape index (κ1) is 13.4. The molecule has 6 nitrogen and oxygen atoms in total. The van der Waals surface area contributed by atoms with Crippen LogP contribution in [0.2, 0.25) is 0 Å². The van der Waals surface area contributed by atoms with E-state index < -0.39 is 0 Å². The number of nitrogen functional groups attached to an aromatic ring is 2. The van der Waals surface area contributed by atoms with E-state index in [1.165, 1.54) is 0 Å². The van der Waals surface area contributed by atoms with Gasteiger partial charge in [-0.05, 0) is 24.1 Å². The van der Waals surface area contributed by atoms with Gasteiger partial charge in [0.15, 0.2) is 0 Å². The molecule has 1 aromatic rings. The van der Waals surface area contributed by atoms with Crippen LogP contribution in [0.1, 0.15) is 20.3 Å². The van der Waals surface area contributed by atoms with Crippen LogP contribution < -0.4 is 16.2 Å². The van der Waals surface area contributed by atoms with E-state index in [-0.39, 0.29) is 17.6 Å². The van der Waals surface area contributed by atoms with Crippen LogP contribution >= 0.6 is 11.8 Å². The third-order valence-corrected chi connectivity index (χ3v) is 2.64. The van der Waals surface area contributed by atoms with Crippen LogP contribution in [0.25, 0.3) is 0 Å². The molecule has 0 amide bonds. The zero-order chi connectivity index (χ0) is 12.8. The average Bonchev–Trinajstić information content (AvgIpc) is 2.22. The van der Waals surface area contributed by atoms with E-state index in [1.807, 2.05) is 5.40 Å². The minimum atomic E-state index is 0.0457. The molecule has 0 fully saturated rings. The van der Waals surface area contributed by atoms with Crippen molar-refractivity contribution in [1.29, 1.82) is 5.26 Å². The highest BCUT2D eigenvalue weighted by Gasteiger charge is 2.13. The monoisotopic (exact) mass is 253 g/mol. The Hall–Kier alpha value is -1.68. The Balaban J connectivity index is 2.85. The predicted molar refractivity (Wildman–Crippen MR) is 67.3 cm³/mol. The summed E-state index contributed by atoms with van der Waals surface area (Å²) in [7, 11) is 0. The number of hydrogen-bond acceptors (Lipinski definition) is 7. The van der Waals surface area contributed by atoms with Crippen LogP contribution in [-0.4, -0.2) is 16.6 Å². The molecule has 0 aliphatic carbocycles. The highest BCUT2D eigenvalue weighted by Crippen LogP contribution is 2.32. The van der Waals surface area contributed by atoms with Gasteiger partial charge in [-0.15, -0.1) is 0 Å². The molecule has 1 heterocycles. The van der Waals surface area contributed by atoms with Gasteiger partial charge in [-0.1, -0.05) is 13.8 Å². The van der Waals surface area contributed by atoms with Crippen LogP contribution in [0.15, 0.2) is 4.90 Å². The third-order valence-electron chi connectivity index (χ3n) is 1.96. The van der Waals surface area contributed by atoms with Gasteiger partial charge in [-0.2, -0.15) is 15.2 Å². The quantitative estimate of drug-likeness (QED) is 0.606. The first-order chi connectivity index (χ1) is 8.04. The first-order valence-corrected chi connectivity index (χ1v) is 5.98. The average molecular weight is 253 g/mol. The van der Waals surface area contributed by atoms with Crippen molar-refractivity contribution in [2.24, 2.45) is 5.92 Å². The first-order valence-electron chi connectivity index (χ1n) is 5.16. The second-order valence-electron chi connectivity index (χ2n) is 3.83. The highest BCUT2D eigenvalue weighted by molar-refractivity contribution is 8.04. The lowest BCUT2D eigenvalue weighted by atomic mass is 10.1. The number of nitrogens with zero attached hydrogens (tertiary/aromatic N) is 3. The Bertz CT molecular complexity index is 429. The van der Waals surface area contributed by atoms with E-state index in [0.717, 1.165) is 18.2 Å². The third kappa shape index (κ3) is 4.00. The second-order valence-corrected chi connectivity index (χ2v) is 4.62. The van der Waals surface area contributed by atoms with Gasteiger partial charge in [0, 0.05) is 0 Å². The number of hydrogen-bond donors (Lipinski definition) is 2. The molecular weight excluding hydrogens is 238 g/mol. The molecule has 0 atom stereocenters. The molecule has 0 spiro atoms. The van der Waals surface area contributed by atoms with Crippen molar-refractivity contribution in [3.63, 3.8) is 0 Å². The van der Waals surface area contributed by atoms with Gasteiger partial charge in [0.25, 0.3) is 0 Å². The largest absolute Gasteiger partial charge is 0.477 e. The molecule has 7 heteroatoms. The summed E-state index contributed by atoms with van der Waals surface area (Å²) >= 11 is 0.871. The zero-order valence-corrected chi connectivity index (χ0v) is 10.6. The smallest absolute Gasteiger partial charge is 0.235 e. The van der Waals surface area contributed by atoms with Crippen molar-refractivity contribution in [1.82, 2.24) is 9.97 Å². The summed E-state index contributed by atoms with van der Waals surface area (Å²) in [4.78, 5) is 8.15. The molecule has 1 aromatic heterocycles. The lowest BCUT2D eigenvalue weighted by molar-refractivity contribution is 0.273. The lowest BCUT2D eigenvalue weighted by Gasteiger charge is -2.11. The summed E-state index contributed by atoms with van der Waals surface area (Å²) in [5.41, 5.74) is 11.1. The number of aromatic nitrogens is 2. The molecule has 0 aromatic carbocycles. The molecule has 0 aliphatic rings. The van der Waals surface area contributed by atoms with Gasteiger partial charge >= 0.3 is 0 Å². The van der Waals surface area contributed by atoms with Crippen LogP contribution in [0, 0.1) is 16.6 Å². The van der Waals surface area contributed by atoms with Crippen LogP contribution in [0.3, 0.4) is 0 Å². The summed E-state index contributed by atoms with van der Waals surface area (Å²) in [5.74, 6) is 1.02. The molecule has 0 saturated heterocycles. The Morgan fingerprint density at radius 2 is 2.12 bits per heavy atom. The van der Waals surface area contributed by atoms with Gasteiger partial charge in [0.2, 0.25) is 11.8 Å². The number of nitriles is 1. The van der Waals surface area contributed by atoms with E-state index in [1.54, 1.807) is 0 Å². The molecule has 0 radical (unpaired) electrons. The normalized spacial score (nSPS) is 10.2. The zero-order valence-electron chi connectivity index (χ0n) is 9.80. The van der Waals surface area contributed by atoms with Crippen LogP contribution in [0.5, 0.6) is 5.88 Å². The standard InChI is InChI=1S/C10H15N5OS/c1-6(2)3-4-16-9-7(17-5-11)8(12)14-10(13)15-9/h6H,3-4H2,1-2H3,(H4,12,13,14,15). The topological polar surface area (TPSA) is 111 Å². The highest BCUT2D eigenvalue weighted by atomic mass is 32.2. The minimum absolute atomic E-state index is 0.0457. The van der Waals surface area contributed by atoms with Gasteiger partial charge in [-0.3, -0.25) is 0 Å². The summed E-state index contributed by atoms with van der Waals surface area (Å²) in [6.07, 6.45) is 0.889. The van der Waals surface area contributed by atoms with Crippen molar-refractivity contribution < 1.29 is 4.74 Å². The lowest BCUT2D eigenvalue weighted by Crippen LogP contribution is -2.08. The molecule has 0 bridgehead atoms. The predicted octanol–water partition coefficient (Wildman–Crippen LogP) is 1.64. The number of ether oxygens (including phenoxy) is 1. The fraction of sp³-hybridized carbons (Fsp3) is 0.500. The van der Waals surface area contributed by atoms with Crippen molar-refractivity contribution >= 4 is 23.5 Å². The fourth-order valence-corrected chi connectivity index (χ4v) is 1.53. The summed E-state index contributed by atoms with van der Waals surface area (Å²) < 4.78 is 5.48. The van der Waals surface area contributed by atoms with Gasteiger partial charge in [0.05, 0.1) is 6.61 Å². The molecule has 1 rings (SSSR count). The molecule has 0 unspecified atom stereocenters. The van der Waals surface area contributed by atoms with Crippen molar-refractivity contribution in [3.8, 4) is 11.3 Å². The Labute approximate surface area is 104 Å². The number of rotatable bonds is 5. The van der Waals surface area contributed by atoms with Gasteiger partial charge in [-0.25, -0.2) is 0 Å². The maximum absolute atomic E-state index is 8.67. The number of thiocyanates is 1. The summed E-state index contributed by atoms with van der Waals surface area (Å²) in [6.45, 7) is 4.69. The van der Waals surface area contributed by atoms with Crippen LogP contribution in [0.4, 0.5) is 11.8 Å². The number of anilines is 2. The van der Waals surface area contributed by atoms with Gasteiger partial charge in [0.1, 0.15) is 16.1 Å². The maximum Gasteiger partial charge on any atom is 0.235 e. The molecule has 17 heavy (non-hydrogen) atoms. The molecular formula is C10H15N5OS. The number of nitrogens with two attached hydrogens (primary N) is 2. The van der Waals surface area contributed by atoms with Crippen LogP contribution in [-0.2, 0) is 0 Å². The van der Waals surface area contributed by atoms with Gasteiger partial charge < -0.3 is 16.2 Å². The Morgan fingerprint density at radius 1 is 1.41 bits per heavy atom. The number of thioether (sulfide) groups is 1. The van der Waals surface area contributed by atoms with Crippen molar-refractivity contribution in [2.45, 2.75) is 25.2 Å². The van der Waals surface area contributed by atoms with E-state index in [9.17, 15) is 0 Å².